The Morgan fingerprint density at radius 3 is 2.42 bits per heavy atom. The third-order valence-electron chi connectivity index (χ3n) is 1.38. The molecule has 0 aromatic rings. The van der Waals surface area contributed by atoms with Crippen molar-refractivity contribution in [2.24, 2.45) is 0 Å². The van der Waals surface area contributed by atoms with Crippen molar-refractivity contribution < 1.29 is 9.53 Å². The van der Waals surface area contributed by atoms with Gasteiger partial charge in [-0.15, -0.1) is 0 Å². The Kier molecular flexibility index (Phi) is 5.84. The van der Waals surface area contributed by atoms with Crippen LogP contribution in [0.4, 0.5) is 0 Å². The highest BCUT2D eigenvalue weighted by atomic mass is 32.2. The Hall–Kier alpha value is 0.170. The molecule has 0 saturated heterocycles. The Morgan fingerprint density at radius 1 is 1.42 bits per heavy atom. The first-order valence-corrected chi connectivity index (χ1v) is 5.01. The fraction of sp³-hybridized carbons (Fsp3) is 0.875. The molecule has 2 nitrogen and oxygen atoms in total. The standard InChI is InChI=1S/C8H16O2S2/c1-3-5-8(11,12)6-7(9)10-4-2/h11-12H,3-6H2,1-2H3. The third-order valence-corrected chi connectivity index (χ3v) is 2.15. The predicted molar refractivity (Wildman–Crippen MR) is 56.9 cm³/mol. The molecule has 0 saturated carbocycles. The van der Waals surface area contributed by atoms with Gasteiger partial charge in [-0.25, -0.2) is 0 Å². The van der Waals surface area contributed by atoms with Crippen molar-refractivity contribution in [3.63, 3.8) is 0 Å². The quantitative estimate of drug-likeness (QED) is 0.412. The monoisotopic (exact) mass is 208 g/mol. The Labute approximate surface area is 84.9 Å². The lowest BCUT2D eigenvalue weighted by Gasteiger charge is -2.20. The minimum atomic E-state index is -0.513. The van der Waals surface area contributed by atoms with E-state index >= 15 is 0 Å². The van der Waals surface area contributed by atoms with Crippen molar-refractivity contribution in [2.45, 2.75) is 37.2 Å². The molecule has 0 aromatic carbocycles. The van der Waals surface area contributed by atoms with E-state index in [4.69, 9.17) is 4.74 Å². The molecule has 12 heavy (non-hydrogen) atoms. The predicted octanol–water partition coefficient (Wildman–Crippen LogP) is 2.30. The van der Waals surface area contributed by atoms with Crippen molar-refractivity contribution in [3.05, 3.63) is 0 Å². The summed E-state index contributed by atoms with van der Waals surface area (Å²) >= 11 is 8.52. The lowest BCUT2D eigenvalue weighted by atomic mass is 10.2. The first-order chi connectivity index (χ1) is 5.52. The lowest BCUT2D eigenvalue weighted by molar-refractivity contribution is -0.143. The average Bonchev–Trinajstić information content (AvgIpc) is 1.85. The van der Waals surface area contributed by atoms with Gasteiger partial charge in [0.15, 0.2) is 0 Å². The van der Waals surface area contributed by atoms with Crippen LogP contribution in [-0.2, 0) is 9.53 Å². The van der Waals surface area contributed by atoms with Gasteiger partial charge in [0.05, 0.1) is 17.1 Å². The maximum Gasteiger partial charge on any atom is 0.308 e. The van der Waals surface area contributed by atoms with E-state index in [-0.39, 0.29) is 12.4 Å². The maximum absolute atomic E-state index is 11.0. The van der Waals surface area contributed by atoms with E-state index < -0.39 is 4.08 Å². The molecule has 0 N–H and O–H groups in total. The number of hydrogen-bond donors (Lipinski definition) is 2. The summed E-state index contributed by atoms with van der Waals surface area (Å²) in [5.74, 6) is -0.226. The Bertz CT molecular complexity index is 146. The second-order valence-electron chi connectivity index (χ2n) is 2.71. The summed E-state index contributed by atoms with van der Waals surface area (Å²) in [5.41, 5.74) is 0. The molecule has 0 spiro atoms. The van der Waals surface area contributed by atoms with Crippen molar-refractivity contribution >= 4 is 31.2 Å². The zero-order valence-corrected chi connectivity index (χ0v) is 9.33. The van der Waals surface area contributed by atoms with E-state index in [9.17, 15) is 4.79 Å². The highest BCUT2D eigenvalue weighted by Crippen LogP contribution is 2.29. The molecule has 0 aliphatic heterocycles. The molecule has 0 aromatic heterocycles. The minimum absolute atomic E-state index is 0.226. The van der Waals surface area contributed by atoms with E-state index in [1.165, 1.54) is 0 Å². The number of carbonyl (C=O) groups is 1. The van der Waals surface area contributed by atoms with Gasteiger partial charge >= 0.3 is 5.97 Å². The summed E-state index contributed by atoms with van der Waals surface area (Å²) in [6, 6.07) is 0. The average molecular weight is 208 g/mol. The van der Waals surface area contributed by atoms with Crippen molar-refractivity contribution in [2.75, 3.05) is 6.61 Å². The van der Waals surface area contributed by atoms with E-state index in [1.807, 2.05) is 6.92 Å². The summed E-state index contributed by atoms with van der Waals surface area (Å²) < 4.78 is 4.27. The summed E-state index contributed by atoms with van der Waals surface area (Å²) in [6.07, 6.45) is 2.03. The van der Waals surface area contributed by atoms with E-state index in [1.54, 1.807) is 6.92 Å². The third kappa shape index (κ3) is 5.77. The highest BCUT2D eigenvalue weighted by molar-refractivity contribution is 8.00. The molecular weight excluding hydrogens is 192 g/mol. The van der Waals surface area contributed by atoms with Gasteiger partial charge < -0.3 is 4.74 Å². The number of esters is 1. The second kappa shape index (κ2) is 5.75. The normalized spacial score (nSPS) is 11.3. The SMILES string of the molecule is CCCC(S)(S)CC(=O)OCC. The van der Waals surface area contributed by atoms with Crippen LogP contribution in [0.5, 0.6) is 0 Å². The molecule has 72 valence electrons. The van der Waals surface area contributed by atoms with Crippen LogP contribution < -0.4 is 0 Å². The van der Waals surface area contributed by atoms with Gasteiger partial charge in [0.25, 0.3) is 0 Å². The molecule has 0 rings (SSSR count). The summed E-state index contributed by atoms with van der Waals surface area (Å²) in [6.45, 7) is 4.24. The molecule has 4 heteroatoms. The first kappa shape index (κ1) is 12.2. The van der Waals surface area contributed by atoms with Gasteiger partial charge in [0.2, 0.25) is 0 Å². The maximum atomic E-state index is 11.0. The van der Waals surface area contributed by atoms with Crippen molar-refractivity contribution in [1.29, 1.82) is 0 Å². The van der Waals surface area contributed by atoms with Gasteiger partial charge in [-0.2, -0.15) is 25.3 Å². The number of hydrogen-bond acceptors (Lipinski definition) is 4. The van der Waals surface area contributed by atoms with Crippen LogP contribution in [-0.4, -0.2) is 16.7 Å². The van der Waals surface area contributed by atoms with Gasteiger partial charge in [0.1, 0.15) is 0 Å². The lowest BCUT2D eigenvalue weighted by Crippen LogP contribution is -2.20. The van der Waals surface area contributed by atoms with E-state index in [0.717, 1.165) is 12.8 Å². The first-order valence-electron chi connectivity index (χ1n) is 4.12. The van der Waals surface area contributed by atoms with Gasteiger partial charge in [-0.3, -0.25) is 4.79 Å². The molecule has 0 fully saturated rings. The van der Waals surface area contributed by atoms with Crippen LogP contribution in [0.1, 0.15) is 33.1 Å². The zero-order valence-electron chi connectivity index (χ0n) is 7.54. The molecule has 0 unspecified atom stereocenters. The van der Waals surface area contributed by atoms with Crippen LogP contribution in [0.25, 0.3) is 0 Å². The van der Waals surface area contributed by atoms with Crippen LogP contribution >= 0.6 is 25.3 Å². The summed E-state index contributed by atoms with van der Waals surface area (Å²) in [4.78, 5) is 11.0. The number of ether oxygens (including phenoxy) is 1. The second-order valence-corrected chi connectivity index (χ2v) is 4.78. The molecule has 0 bridgehead atoms. The number of thiol groups is 2. The van der Waals surface area contributed by atoms with E-state index in [2.05, 4.69) is 25.3 Å². The molecule has 0 aliphatic rings. The zero-order chi connectivity index (χ0) is 9.61. The molecule has 0 aliphatic carbocycles. The number of rotatable bonds is 5. The Morgan fingerprint density at radius 2 is 2.00 bits per heavy atom. The molecule has 0 amide bonds. The molecule has 0 radical (unpaired) electrons. The Balaban J connectivity index is 3.79. The van der Waals surface area contributed by atoms with Crippen LogP contribution in [0.2, 0.25) is 0 Å². The van der Waals surface area contributed by atoms with Gasteiger partial charge in [-0.1, -0.05) is 13.3 Å². The van der Waals surface area contributed by atoms with Crippen molar-refractivity contribution in [1.82, 2.24) is 0 Å². The minimum Gasteiger partial charge on any atom is -0.466 e. The molecule has 0 atom stereocenters. The van der Waals surface area contributed by atoms with E-state index in [0.29, 0.717) is 6.61 Å². The smallest absolute Gasteiger partial charge is 0.308 e. The van der Waals surface area contributed by atoms with Crippen LogP contribution in [0.15, 0.2) is 0 Å². The molecular formula is C8H16O2S2. The fourth-order valence-electron chi connectivity index (χ4n) is 0.932. The van der Waals surface area contributed by atoms with Gasteiger partial charge in [-0.05, 0) is 13.3 Å². The topological polar surface area (TPSA) is 26.3 Å². The van der Waals surface area contributed by atoms with Crippen molar-refractivity contribution in [3.8, 4) is 0 Å². The summed E-state index contributed by atoms with van der Waals surface area (Å²) in [7, 11) is 0. The fourth-order valence-corrected chi connectivity index (χ4v) is 1.64. The largest absolute Gasteiger partial charge is 0.466 e. The number of carbonyl (C=O) groups excluding carboxylic acids is 1. The highest BCUT2D eigenvalue weighted by Gasteiger charge is 2.23. The van der Waals surface area contributed by atoms with Crippen LogP contribution in [0, 0.1) is 0 Å². The van der Waals surface area contributed by atoms with Gasteiger partial charge in [0, 0.05) is 0 Å². The van der Waals surface area contributed by atoms with Crippen LogP contribution in [0.3, 0.4) is 0 Å². The summed E-state index contributed by atoms with van der Waals surface area (Å²) in [5, 5.41) is 0. The molecule has 0 heterocycles.